The van der Waals surface area contributed by atoms with Gasteiger partial charge in [-0.05, 0) is 31.1 Å². The molecule has 3 nitrogen and oxygen atoms in total. The Morgan fingerprint density at radius 2 is 1.78 bits per heavy atom. The maximum atomic E-state index is 12.2. The predicted molar refractivity (Wildman–Crippen MR) is 104 cm³/mol. The molecule has 132 valence electrons. The Labute approximate surface area is 145 Å². The molecule has 0 aliphatic carbocycles. The van der Waals surface area contributed by atoms with Crippen LogP contribution in [0.2, 0.25) is 43.8 Å². The smallest absolute Gasteiger partial charge is 0.228 e. The molecule has 1 fully saturated rings. The minimum atomic E-state index is -1.89. The van der Waals surface area contributed by atoms with E-state index in [0.29, 0.717) is 0 Å². The topological polar surface area (TPSA) is 38.3 Å². The summed E-state index contributed by atoms with van der Waals surface area (Å²) < 4.78 is 6.45. The minimum absolute atomic E-state index is 0.0685. The van der Waals surface area contributed by atoms with Crippen molar-refractivity contribution in [3.05, 3.63) is 0 Å². The Bertz CT molecular complexity index is 483. The van der Waals surface area contributed by atoms with E-state index in [4.69, 9.17) is 10.8 Å². The van der Waals surface area contributed by atoms with Gasteiger partial charge in [-0.3, -0.25) is 4.79 Å². The van der Waals surface area contributed by atoms with Gasteiger partial charge in [-0.15, -0.1) is 12.3 Å². The van der Waals surface area contributed by atoms with Gasteiger partial charge in [-0.1, -0.05) is 40.4 Å². The van der Waals surface area contributed by atoms with Gasteiger partial charge in [0.2, 0.25) is 5.91 Å². The molecule has 5 heteroatoms. The molecule has 1 amide bonds. The molecule has 0 spiro atoms. The van der Waals surface area contributed by atoms with Gasteiger partial charge in [-0.25, -0.2) is 0 Å². The van der Waals surface area contributed by atoms with Crippen LogP contribution in [0.15, 0.2) is 0 Å². The summed E-state index contributed by atoms with van der Waals surface area (Å²) in [6, 6.07) is 1.11. The number of hydrogen-bond donors (Lipinski definition) is 1. The minimum Gasteiger partial charge on any atom is -0.413 e. The zero-order chi connectivity index (χ0) is 18.2. The van der Waals surface area contributed by atoms with Gasteiger partial charge in [0, 0.05) is 14.0 Å². The van der Waals surface area contributed by atoms with Gasteiger partial charge >= 0.3 is 0 Å². The lowest BCUT2D eigenvalue weighted by Gasteiger charge is -2.47. The SMILES string of the molecule is C#C[C@H](C[Si](C)(C)C)[C@@H]1NC(=O)[C@@H]1[C@@H](C)O[Si](C)(C)C(C)(C)C. The molecule has 4 atom stereocenters. The third kappa shape index (κ3) is 4.95. The second-order valence-electron chi connectivity index (χ2n) is 9.68. The molecule has 0 unspecified atom stereocenters. The maximum Gasteiger partial charge on any atom is 0.228 e. The van der Waals surface area contributed by atoms with Crippen molar-refractivity contribution in [1.29, 1.82) is 0 Å². The van der Waals surface area contributed by atoms with Crippen LogP contribution in [0.25, 0.3) is 0 Å². The summed E-state index contributed by atoms with van der Waals surface area (Å²) >= 11 is 0. The molecule has 23 heavy (non-hydrogen) atoms. The molecule has 0 saturated carbocycles. The summed E-state index contributed by atoms with van der Waals surface area (Å²) in [5, 5.41) is 3.19. The van der Waals surface area contributed by atoms with Crippen molar-refractivity contribution in [2.24, 2.45) is 11.8 Å². The first-order valence-corrected chi connectivity index (χ1v) is 15.3. The summed E-state index contributed by atoms with van der Waals surface area (Å²) in [7, 11) is -3.16. The number of carbonyl (C=O) groups is 1. The molecule has 0 aromatic heterocycles. The summed E-state index contributed by atoms with van der Waals surface area (Å²) in [5.74, 6) is 3.04. The lowest BCUT2D eigenvalue weighted by Crippen LogP contribution is -2.66. The van der Waals surface area contributed by atoms with Crippen molar-refractivity contribution < 1.29 is 9.22 Å². The Morgan fingerprint density at radius 3 is 2.13 bits per heavy atom. The second kappa shape index (κ2) is 6.74. The summed E-state index contributed by atoms with van der Waals surface area (Å²) in [6.07, 6.45) is 5.71. The number of amides is 1. The summed E-state index contributed by atoms with van der Waals surface area (Å²) in [5.41, 5.74) is 0. The molecule has 1 aliphatic heterocycles. The van der Waals surface area contributed by atoms with Crippen LogP contribution in [0.1, 0.15) is 27.7 Å². The maximum absolute atomic E-state index is 12.2. The molecule has 0 bridgehead atoms. The van der Waals surface area contributed by atoms with Gasteiger partial charge in [0.25, 0.3) is 0 Å². The van der Waals surface area contributed by atoms with E-state index in [1.54, 1.807) is 0 Å². The van der Waals surface area contributed by atoms with E-state index in [-0.39, 0.29) is 34.9 Å². The lowest BCUT2D eigenvalue weighted by atomic mass is 9.79. The van der Waals surface area contributed by atoms with E-state index < -0.39 is 16.4 Å². The van der Waals surface area contributed by atoms with E-state index in [1.165, 1.54) is 0 Å². The molecule has 0 radical (unpaired) electrons. The second-order valence-corrected chi connectivity index (χ2v) is 20.0. The van der Waals surface area contributed by atoms with Crippen LogP contribution in [0.4, 0.5) is 0 Å². The molecular weight excluding hydrogens is 318 g/mol. The van der Waals surface area contributed by atoms with E-state index in [1.807, 2.05) is 6.92 Å². The number of terminal acetylenes is 1. The summed E-state index contributed by atoms with van der Waals surface area (Å²) in [6.45, 7) is 20.1. The summed E-state index contributed by atoms with van der Waals surface area (Å²) in [4.78, 5) is 12.2. The molecule has 1 N–H and O–H groups in total. The third-order valence-electron chi connectivity index (χ3n) is 5.27. The van der Waals surface area contributed by atoms with Crippen molar-refractivity contribution in [3.8, 4) is 12.3 Å². The zero-order valence-electron chi connectivity index (χ0n) is 16.4. The molecule has 1 aliphatic rings. The highest BCUT2D eigenvalue weighted by atomic mass is 28.4. The average Bonchev–Trinajstić information content (AvgIpc) is 2.29. The normalized spacial score (nSPS) is 25.1. The number of carbonyl (C=O) groups excluding carboxylic acids is 1. The lowest BCUT2D eigenvalue weighted by molar-refractivity contribution is -0.141. The van der Waals surface area contributed by atoms with E-state index in [9.17, 15) is 4.79 Å². The Balaban J connectivity index is 2.85. The van der Waals surface area contributed by atoms with Crippen molar-refractivity contribution in [2.75, 3.05) is 0 Å². The van der Waals surface area contributed by atoms with Crippen LogP contribution >= 0.6 is 0 Å². The number of hydrogen-bond acceptors (Lipinski definition) is 2. The standard InChI is InChI=1S/C18H35NO2Si2/c1-11-14(12-22(6,7)8)16-15(17(20)19-16)13(2)21-23(9,10)18(3,4)5/h1,13-16H,12H2,2-10H3,(H,19,20)/t13-,14-,15-,16+/m1/s1. The van der Waals surface area contributed by atoms with E-state index in [0.717, 1.165) is 6.04 Å². The first-order chi connectivity index (χ1) is 10.2. The zero-order valence-corrected chi connectivity index (χ0v) is 18.4. The fourth-order valence-corrected chi connectivity index (χ4v) is 6.06. The van der Waals surface area contributed by atoms with E-state index >= 15 is 0 Å². The van der Waals surface area contributed by atoms with Crippen LogP contribution in [0, 0.1) is 24.2 Å². The van der Waals surface area contributed by atoms with Crippen LogP contribution in [0.5, 0.6) is 0 Å². The van der Waals surface area contributed by atoms with Crippen LogP contribution in [-0.4, -0.2) is 34.4 Å². The largest absolute Gasteiger partial charge is 0.413 e. The quantitative estimate of drug-likeness (QED) is 0.443. The highest BCUT2D eigenvalue weighted by molar-refractivity contribution is 6.76. The monoisotopic (exact) mass is 353 g/mol. The fraction of sp³-hybridized carbons (Fsp3) is 0.833. The molecule has 1 heterocycles. The van der Waals surface area contributed by atoms with Gasteiger partial charge < -0.3 is 9.74 Å². The molecule has 0 aromatic rings. The average molecular weight is 354 g/mol. The first-order valence-electron chi connectivity index (χ1n) is 8.64. The van der Waals surface area contributed by atoms with Crippen LogP contribution < -0.4 is 5.32 Å². The van der Waals surface area contributed by atoms with Gasteiger partial charge in [0.05, 0.1) is 18.1 Å². The van der Waals surface area contributed by atoms with Crippen LogP contribution in [0.3, 0.4) is 0 Å². The Kier molecular flexibility index (Phi) is 5.99. The van der Waals surface area contributed by atoms with Crippen molar-refractivity contribution >= 4 is 22.3 Å². The molecule has 0 aromatic carbocycles. The molecular formula is C18H35NO2Si2. The molecule has 1 saturated heterocycles. The van der Waals surface area contributed by atoms with Crippen molar-refractivity contribution in [2.45, 2.75) is 83.7 Å². The Morgan fingerprint density at radius 1 is 1.26 bits per heavy atom. The van der Waals surface area contributed by atoms with Gasteiger partial charge in [0.15, 0.2) is 8.32 Å². The fourth-order valence-electron chi connectivity index (χ4n) is 2.94. The third-order valence-corrected chi connectivity index (χ3v) is 11.5. The molecule has 1 rings (SSSR count). The van der Waals surface area contributed by atoms with Crippen molar-refractivity contribution in [1.82, 2.24) is 5.32 Å². The highest BCUT2D eigenvalue weighted by Gasteiger charge is 2.50. The van der Waals surface area contributed by atoms with E-state index in [2.05, 4.69) is 64.7 Å². The van der Waals surface area contributed by atoms with Gasteiger partial charge in [-0.2, -0.15) is 0 Å². The van der Waals surface area contributed by atoms with Crippen LogP contribution in [-0.2, 0) is 9.22 Å². The number of rotatable bonds is 6. The van der Waals surface area contributed by atoms with Crippen molar-refractivity contribution in [3.63, 3.8) is 0 Å². The highest BCUT2D eigenvalue weighted by Crippen LogP contribution is 2.40. The number of nitrogens with one attached hydrogen (secondary N) is 1. The predicted octanol–water partition coefficient (Wildman–Crippen LogP) is 4.10. The number of β-lactam (4-membered cyclic amide) rings is 1. The van der Waals surface area contributed by atoms with Gasteiger partial charge in [0.1, 0.15) is 0 Å². The Hall–Kier alpha value is -0.576. The first kappa shape index (κ1) is 20.5.